The highest BCUT2D eigenvalue weighted by Gasteiger charge is 2.02. The molecule has 0 unspecified atom stereocenters. The van der Waals surface area contributed by atoms with Gasteiger partial charge >= 0.3 is 0 Å². The first-order valence-corrected chi connectivity index (χ1v) is 10.4. The van der Waals surface area contributed by atoms with Gasteiger partial charge in [0.25, 0.3) is 5.56 Å². The monoisotopic (exact) mass is 404 g/mol. The number of aryl methyl sites for hydroxylation is 2. The van der Waals surface area contributed by atoms with Gasteiger partial charge in [0.05, 0.1) is 0 Å². The van der Waals surface area contributed by atoms with E-state index < -0.39 is 0 Å². The van der Waals surface area contributed by atoms with Crippen molar-refractivity contribution in [2.24, 2.45) is 0 Å². The number of halogens is 1. The summed E-state index contributed by atoms with van der Waals surface area (Å²) in [6, 6.07) is 18.5. The average molecular weight is 405 g/mol. The van der Waals surface area contributed by atoms with Crippen LogP contribution in [0.25, 0.3) is 12.2 Å². The Balaban J connectivity index is 1.57. The highest BCUT2D eigenvalue weighted by molar-refractivity contribution is 5.69. The van der Waals surface area contributed by atoms with E-state index in [2.05, 4.69) is 43.1 Å². The summed E-state index contributed by atoms with van der Waals surface area (Å²) in [6.07, 6.45) is 7.55. The van der Waals surface area contributed by atoms with Crippen LogP contribution in [0.5, 0.6) is 0 Å². The summed E-state index contributed by atoms with van der Waals surface area (Å²) in [5.74, 6) is -0.256. The Kier molecular flexibility index (Phi) is 7.75. The van der Waals surface area contributed by atoms with Crippen LogP contribution in [0.15, 0.2) is 71.7 Å². The van der Waals surface area contributed by atoms with Gasteiger partial charge in [-0.05, 0) is 66.9 Å². The van der Waals surface area contributed by atoms with Gasteiger partial charge in [0.1, 0.15) is 5.82 Å². The molecule has 0 amide bonds. The van der Waals surface area contributed by atoms with Gasteiger partial charge in [0, 0.05) is 25.4 Å². The van der Waals surface area contributed by atoms with Crippen molar-refractivity contribution in [3.05, 3.63) is 105 Å². The zero-order valence-corrected chi connectivity index (χ0v) is 17.7. The maximum atomic E-state index is 13.0. The summed E-state index contributed by atoms with van der Waals surface area (Å²) in [5, 5.41) is 0. The first kappa shape index (κ1) is 21.7. The molecule has 3 aromatic rings. The predicted octanol–water partition coefficient (Wildman–Crippen LogP) is 5.24. The normalized spacial score (nSPS) is 11.5. The number of hydrogen-bond donors (Lipinski definition) is 0. The second-order valence-corrected chi connectivity index (χ2v) is 7.68. The van der Waals surface area contributed by atoms with Crippen molar-refractivity contribution in [2.75, 3.05) is 13.6 Å². The van der Waals surface area contributed by atoms with E-state index in [1.54, 1.807) is 22.8 Å². The lowest BCUT2D eigenvalue weighted by Crippen LogP contribution is -2.20. The summed E-state index contributed by atoms with van der Waals surface area (Å²) in [5.41, 5.74) is 4.24. The minimum atomic E-state index is -0.256. The molecule has 156 valence electrons. The van der Waals surface area contributed by atoms with Crippen LogP contribution in [0.4, 0.5) is 4.39 Å². The summed E-state index contributed by atoms with van der Waals surface area (Å²) in [6.45, 7) is 4.89. The van der Waals surface area contributed by atoms with Gasteiger partial charge in [0.15, 0.2) is 0 Å². The minimum Gasteiger partial charge on any atom is -0.315 e. The predicted molar refractivity (Wildman–Crippen MR) is 123 cm³/mol. The Morgan fingerprint density at radius 1 is 0.933 bits per heavy atom. The zero-order valence-electron chi connectivity index (χ0n) is 17.7. The Bertz CT molecular complexity index is 1020. The van der Waals surface area contributed by atoms with E-state index in [1.165, 1.54) is 23.3 Å². The van der Waals surface area contributed by atoms with E-state index in [9.17, 15) is 9.18 Å². The molecule has 2 aromatic carbocycles. The largest absolute Gasteiger partial charge is 0.315 e. The molecular weight excluding hydrogens is 375 g/mol. The molecule has 30 heavy (non-hydrogen) atoms. The van der Waals surface area contributed by atoms with E-state index in [1.807, 2.05) is 24.4 Å². The Hall–Kier alpha value is -2.98. The van der Waals surface area contributed by atoms with E-state index >= 15 is 0 Å². The number of rotatable bonds is 9. The smallest absolute Gasteiger partial charge is 0.251 e. The summed E-state index contributed by atoms with van der Waals surface area (Å²) < 4.78 is 14.7. The van der Waals surface area contributed by atoms with Crippen molar-refractivity contribution < 1.29 is 4.39 Å². The maximum absolute atomic E-state index is 13.0. The third-order valence-electron chi connectivity index (χ3n) is 5.08. The zero-order chi connectivity index (χ0) is 21.3. The molecular formula is C26H29FN2O. The van der Waals surface area contributed by atoms with Crippen LogP contribution in [-0.2, 0) is 19.5 Å². The van der Waals surface area contributed by atoms with Gasteiger partial charge in [-0.15, -0.1) is 0 Å². The molecule has 0 radical (unpaired) electrons. The van der Waals surface area contributed by atoms with Gasteiger partial charge in [-0.3, -0.25) is 4.79 Å². The fourth-order valence-electron chi connectivity index (χ4n) is 3.41. The van der Waals surface area contributed by atoms with Crippen LogP contribution >= 0.6 is 0 Å². The molecule has 3 nitrogen and oxygen atoms in total. The van der Waals surface area contributed by atoms with Gasteiger partial charge in [-0.1, -0.05) is 55.5 Å². The Labute approximate surface area is 178 Å². The molecule has 0 aliphatic carbocycles. The molecule has 0 aliphatic rings. The van der Waals surface area contributed by atoms with E-state index in [-0.39, 0.29) is 11.4 Å². The van der Waals surface area contributed by atoms with Gasteiger partial charge < -0.3 is 9.47 Å². The number of hydrogen-bond acceptors (Lipinski definition) is 2. The molecule has 0 spiro atoms. The van der Waals surface area contributed by atoms with Gasteiger partial charge in [-0.25, -0.2) is 4.39 Å². The molecule has 1 aromatic heterocycles. The summed E-state index contributed by atoms with van der Waals surface area (Å²) in [4.78, 5) is 14.7. The van der Waals surface area contributed by atoms with E-state index in [4.69, 9.17) is 0 Å². The summed E-state index contributed by atoms with van der Waals surface area (Å²) in [7, 11) is 2.14. The van der Waals surface area contributed by atoms with Crippen molar-refractivity contribution in [1.29, 1.82) is 0 Å². The Morgan fingerprint density at radius 3 is 2.27 bits per heavy atom. The first-order valence-electron chi connectivity index (χ1n) is 10.4. The maximum Gasteiger partial charge on any atom is 0.251 e. The minimum absolute atomic E-state index is 0.0194. The topological polar surface area (TPSA) is 25.2 Å². The third-order valence-corrected chi connectivity index (χ3v) is 5.08. The van der Waals surface area contributed by atoms with Crippen LogP contribution in [0.1, 0.15) is 35.6 Å². The lowest BCUT2D eigenvalue weighted by Gasteiger charge is -2.15. The average Bonchev–Trinajstić information content (AvgIpc) is 2.74. The molecule has 0 N–H and O–H groups in total. The van der Waals surface area contributed by atoms with Crippen molar-refractivity contribution >= 4 is 12.2 Å². The fraction of sp³-hybridized carbons (Fsp3) is 0.269. The van der Waals surface area contributed by atoms with E-state index in [0.717, 1.165) is 37.1 Å². The van der Waals surface area contributed by atoms with Crippen molar-refractivity contribution in [2.45, 2.75) is 32.9 Å². The highest BCUT2D eigenvalue weighted by Crippen LogP contribution is 2.10. The molecule has 0 saturated carbocycles. The van der Waals surface area contributed by atoms with Crippen LogP contribution in [0, 0.1) is 5.82 Å². The number of nitrogens with zero attached hydrogens (tertiary/aromatic N) is 2. The van der Waals surface area contributed by atoms with Gasteiger partial charge in [0.2, 0.25) is 0 Å². The number of aromatic nitrogens is 1. The number of benzene rings is 2. The lowest BCUT2D eigenvalue weighted by molar-refractivity contribution is 0.327. The molecule has 3 rings (SSSR count). The SMILES string of the molecule is CCCN(C)Cc1ccc(CCn2ccc(C=Cc3ccc(F)cc3)cc2=O)cc1. The highest BCUT2D eigenvalue weighted by atomic mass is 19.1. The van der Waals surface area contributed by atoms with Gasteiger partial charge in [-0.2, -0.15) is 0 Å². The molecule has 1 heterocycles. The third kappa shape index (κ3) is 6.53. The molecule has 0 bridgehead atoms. The molecule has 0 saturated heterocycles. The molecule has 4 heteroatoms. The molecule has 0 aliphatic heterocycles. The second kappa shape index (κ2) is 10.7. The van der Waals surface area contributed by atoms with E-state index in [0.29, 0.717) is 6.54 Å². The molecule has 0 atom stereocenters. The van der Waals surface area contributed by atoms with Crippen LogP contribution in [-0.4, -0.2) is 23.1 Å². The second-order valence-electron chi connectivity index (χ2n) is 7.68. The van der Waals surface area contributed by atoms with Crippen molar-refractivity contribution in [1.82, 2.24) is 9.47 Å². The standard InChI is InChI=1S/C26H29FN2O/c1-3-16-28(2)20-24-8-5-22(6-9-24)14-17-29-18-15-23(19-26(29)30)7-4-21-10-12-25(27)13-11-21/h4-13,15,18-19H,3,14,16-17,20H2,1-2H3. The fourth-order valence-corrected chi connectivity index (χ4v) is 3.41. The van der Waals surface area contributed by atoms with Crippen LogP contribution in [0.3, 0.4) is 0 Å². The lowest BCUT2D eigenvalue weighted by atomic mass is 10.1. The van der Waals surface area contributed by atoms with Crippen molar-refractivity contribution in [3.8, 4) is 0 Å². The Morgan fingerprint density at radius 2 is 1.60 bits per heavy atom. The van der Waals surface area contributed by atoms with Crippen LogP contribution < -0.4 is 5.56 Å². The summed E-state index contributed by atoms with van der Waals surface area (Å²) >= 11 is 0. The number of pyridine rings is 1. The van der Waals surface area contributed by atoms with Crippen molar-refractivity contribution in [3.63, 3.8) is 0 Å². The first-order chi connectivity index (χ1) is 14.5. The van der Waals surface area contributed by atoms with Crippen LogP contribution in [0.2, 0.25) is 0 Å². The molecule has 0 fully saturated rings. The quantitative estimate of drug-likeness (QED) is 0.487.